The lowest BCUT2D eigenvalue weighted by atomic mass is 9.99. The molecule has 1 fully saturated rings. The molecular weight excluding hydrogens is 394 g/mol. The molecule has 3 aliphatic rings. The van der Waals surface area contributed by atoms with Crippen LogP contribution in [0.4, 0.5) is 0 Å². The summed E-state index contributed by atoms with van der Waals surface area (Å²) in [4.78, 5) is 14.9. The molecule has 1 atom stereocenters. The maximum Gasteiger partial charge on any atom is 0.232 e. The number of nitrogens with zero attached hydrogens (tertiary/aromatic N) is 1. The average molecular weight is 415 g/mol. The van der Waals surface area contributed by atoms with Crippen LogP contribution < -0.4 is 9.47 Å². The molecule has 0 bridgehead atoms. The van der Waals surface area contributed by atoms with E-state index in [0.29, 0.717) is 42.5 Å². The second kappa shape index (κ2) is 6.47. The predicted molar refractivity (Wildman–Crippen MR) is 106 cm³/mol. The van der Waals surface area contributed by atoms with Crippen LogP contribution in [0.3, 0.4) is 0 Å². The molecule has 0 spiro atoms. The Kier molecular flexibility index (Phi) is 4.11. The maximum absolute atomic E-state index is 12.9. The molecule has 7 nitrogen and oxygen atoms in total. The Morgan fingerprint density at radius 1 is 1.21 bits per heavy atom. The number of Topliss-reactive ketones (excluding diaryl/α,β-unsaturated/α-hetero) is 1. The SMILES string of the molecule is Cc1ccc(/C=C2\Oc3c(cc4c(c3C)OCN(C3CCS(=O)(=O)C3)C4)C2=O)o1. The van der Waals surface area contributed by atoms with Crippen molar-refractivity contribution in [1.29, 1.82) is 0 Å². The zero-order valence-electron chi connectivity index (χ0n) is 16.2. The van der Waals surface area contributed by atoms with Gasteiger partial charge in [-0.25, -0.2) is 8.42 Å². The Morgan fingerprint density at radius 3 is 2.72 bits per heavy atom. The summed E-state index contributed by atoms with van der Waals surface area (Å²) in [7, 11) is -2.97. The molecule has 1 saturated heterocycles. The summed E-state index contributed by atoms with van der Waals surface area (Å²) >= 11 is 0. The van der Waals surface area contributed by atoms with Crippen LogP contribution in [-0.2, 0) is 16.4 Å². The number of hydrogen-bond donors (Lipinski definition) is 0. The normalized spacial score (nSPS) is 24.3. The third-order valence-electron chi connectivity index (χ3n) is 5.72. The maximum atomic E-state index is 12.9. The van der Waals surface area contributed by atoms with Gasteiger partial charge in [-0.3, -0.25) is 9.69 Å². The van der Waals surface area contributed by atoms with Gasteiger partial charge in [0.1, 0.15) is 29.8 Å². The number of aryl methyl sites for hydroxylation is 1. The Labute approximate surface area is 168 Å². The molecule has 0 saturated carbocycles. The standard InChI is InChI=1S/C21H21NO6S/c1-12-3-4-16(27-12)8-18-19(23)17-7-14-9-22(15-5-6-29(24,25)10-15)11-26-20(14)13(2)21(17)28-18/h3-4,7-8,15H,5-6,9-11H2,1-2H3/b18-8-. The number of hydrogen-bond acceptors (Lipinski definition) is 7. The topological polar surface area (TPSA) is 86.0 Å². The third-order valence-corrected chi connectivity index (χ3v) is 7.47. The first kappa shape index (κ1) is 18.4. The van der Waals surface area contributed by atoms with E-state index in [1.165, 1.54) is 0 Å². The van der Waals surface area contributed by atoms with Crippen LogP contribution in [0.15, 0.2) is 28.4 Å². The molecule has 0 aliphatic carbocycles. The molecule has 1 aromatic carbocycles. The van der Waals surface area contributed by atoms with Gasteiger partial charge in [-0.2, -0.15) is 0 Å². The van der Waals surface area contributed by atoms with Crippen LogP contribution in [0.5, 0.6) is 11.5 Å². The second-order valence-corrected chi connectivity index (χ2v) is 10.1. The van der Waals surface area contributed by atoms with E-state index in [1.807, 2.05) is 30.9 Å². The number of ketones is 1. The van der Waals surface area contributed by atoms with E-state index in [9.17, 15) is 13.2 Å². The molecular formula is C21H21NO6S. The minimum Gasteiger partial charge on any atom is -0.477 e. The lowest BCUT2D eigenvalue weighted by Gasteiger charge is -2.33. The van der Waals surface area contributed by atoms with Gasteiger partial charge in [0.05, 0.1) is 17.1 Å². The lowest BCUT2D eigenvalue weighted by molar-refractivity contribution is 0.0637. The summed E-state index contributed by atoms with van der Waals surface area (Å²) in [5.74, 6) is 2.95. The van der Waals surface area contributed by atoms with Crippen LogP contribution >= 0.6 is 0 Å². The lowest BCUT2D eigenvalue weighted by Crippen LogP contribution is -2.41. The fraction of sp³-hybridized carbons (Fsp3) is 0.381. The first-order valence-corrected chi connectivity index (χ1v) is 11.4. The molecule has 5 rings (SSSR count). The molecule has 0 amide bonds. The van der Waals surface area contributed by atoms with E-state index in [0.717, 1.165) is 16.9 Å². The summed E-state index contributed by atoms with van der Waals surface area (Å²) < 4.78 is 41.0. The zero-order valence-corrected chi connectivity index (χ0v) is 17.0. The molecule has 2 aromatic rings. The number of fused-ring (bicyclic) bond motifs is 2. The van der Waals surface area contributed by atoms with Crippen molar-refractivity contribution < 1.29 is 27.1 Å². The number of carbonyl (C=O) groups is 1. The molecule has 8 heteroatoms. The van der Waals surface area contributed by atoms with E-state index in [1.54, 1.807) is 12.1 Å². The van der Waals surface area contributed by atoms with E-state index in [4.69, 9.17) is 13.9 Å². The fourth-order valence-corrected chi connectivity index (χ4v) is 5.99. The number of allylic oxidation sites excluding steroid dienone is 1. The third kappa shape index (κ3) is 3.16. The Morgan fingerprint density at radius 2 is 2.03 bits per heavy atom. The largest absolute Gasteiger partial charge is 0.477 e. The number of benzene rings is 1. The minimum atomic E-state index is -2.97. The van der Waals surface area contributed by atoms with Crippen molar-refractivity contribution >= 4 is 21.7 Å². The first-order valence-electron chi connectivity index (χ1n) is 9.55. The van der Waals surface area contributed by atoms with Gasteiger partial charge < -0.3 is 13.9 Å². The molecule has 0 N–H and O–H groups in total. The monoisotopic (exact) mass is 415 g/mol. The summed E-state index contributed by atoms with van der Waals surface area (Å²) in [6.07, 6.45) is 2.22. The summed E-state index contributed by atoms with van der Waals surface area (Å²) in [6, 6.07) is 5.38. The molecule has 0 radical (unpaired) electrons. The van der Waals surface area contributed by atoms with Crippen LogP contribution in [0, 0.1) is 13.8 Å². The molecule has 29 heavy (non-hydrogen) atoms. The van der Waals surface area contributed by atoms with Crippen molar-refractivity contribution in [1.82, 2.24) is 4.90 Å². The van der Waals surface area contributed by atoms with Crippen LogP contribution in [0.25, 0.3) is 6.08 Å². The quantitative estimate of drug-likeness (QED) is 0.697. The van der Waals surface area contributed by atoms with Gasteiger partial charge in [-0.1, -0.05) is 0 Å². The van der Waals surface area contributed by atoms with Crippen molar-refractivity contribution in [2.45, 2.75) is 32.9 Å². The van der Waals surface area contributed by atoms with Gasteiger partial charge in [-0.05, 0) is 38.5 Å². The highest BCUT2D eigenvalue weighted by molar-refractivity contribution is 7.91. The second-order valence-electron chi connectivity index (χ2n) is 7.83. The minimum absolute atomic E-state index is 0.0497. The Balaban J connectivity index is 1.45. The molecule has 1 unspecified atom stereocenters. The fourth-order valence-electron chi connectivity index (χ4n) is 4.22. The van der Waals surface area contributed by atoms with Gasteiger partial charge in [-0.15, -0.1) is 0 Å². The molecule has 152 valence electrons. The highest BCUT2D eigenvalue weighted by atomic mass is 32.2. The summed E-state index contributed by atoms with van der Waals surface area (Å²) in [5, 5.41) is 0. The van der Waals surface area contributed by atoms with Crippen molar-refractivity contribution in [2.24, 2.45) is 0 Å². The molecule has 4 heterocycles. The van der Waals surface area contributed by atoms with Gasteiger partial charge in [0.25, 0.3) is 0 Å². The smallest absolute Gasteiger partial charge is 0.232 e. The highest BCUT2D eigenvalue weighted by Gasteiger charge is 2.37. The average Bonchev–Trinajstić information content (AvgIpc) is 3.34. The first-order chi connectivity index (χ1) is 13.8. The number of furan rings is 1. The number of rotatable bonds is 2. The molecule has 1 aromatic heterocycles. The highest BCUT2D eigenvalue weighted by Crippen LogP contribution is 2.43. The van der Waals surface area contributed by atoms with Crippen molar-refractivity contribution in [3.05, 3.63) is 52.2 Å². The van der Waals surface area contributed by atoms with Gasteiger partial charge >= 0.3 is 0 Å². The van der Waals surface area contributed by atoms with Crippen LogP contribution in [-0.4, -0.2) is 43.4 Å². The zero-order chi connectivity index (χ0) is 20.3. The predicted octanol–water partition coefficient (Wildman–Crippen LogP) is 2.85. The van der Waals surface area contributed by atoms with Crippen LogP contribution in [0.2, 0.25) is 0 Å². The van der Waals surface area contributed by atoms with E-state index in [-0.39, 0.29) is 29.1 Å². The summed E-state index contributed by atoms with van der Waals surface area (Å²) in [5.41, 5.74) is 2.16. The number of carbonyl (C=O) groups excluding carboxylic acids is 1. The van der Waals surface area contributed by atoms with E-state index >= 15 is 0 Å². The van der Waals surface area contributed by atoms with Gasteiger partial charge in [0, 0.05) is 29.8 Å². The van der Waals surface area contributed by atoms with Gasteiger partial charge in [0.15, 0.2) is 15.6 Å². The molecule has 3 aliphatic heterocycles. The van der Waals surface area contributed by atoms with Crippen molar-refractivity contribution in [2.75, 3.05) is 18.2 Å². The van der Waals surface area contributed by atoms with E-state index in [2.05, 4.69) is 0 Å². The van der Waals surface area contributed by atoms with E-state index < -0.39 is 9.84 Å². The number of ether oxygens (including phenoxy) is 2. The van der Waals surface area contributed by atoms with Crippen molar-refractivity contribution in [3.8, 4) is 11.5 Å². The van der Waals surface area contributed by atoms with Gasteiger partial charge in [0.2, 0.25) is 5.78 Å². The van der Waals surface area contributed by atoms with Crippen molar-refractivity contribution in [3.63, 3.8) is 0 Å². The Hall–Kier alpha value is -2.58. The summed E-state index contributed by atoms with van der Waals surface area (Å²) in [6.45, 7) is 4.59. The number of sulfone groups is 1. The van der Waals surface area contributed by atoms with Crippen LogP contribution in [0.1, 0.15) is 39.4 Å². The Bertz CT molecular complexity index is 1160.